The standard InChI is InChI=1S/C22H28N2O3/c1-16-9-10-18(17(2)14-16)6-3-11-23-21(25)19-7-4-12-24(15-19)22(26)20-8-5-13-27-20/h5,8-10,13-14,19H,3-4,6-7,11-12,15H2,1-2H3,(H,23,25)/t19-/m0/s1. The van der Waals surface area contributed by atoms with Crippen LogP contribution in [0.5, 0.6) is 0 Å². The first kappa shape index (κ1) is 19.2. The van der Waals surface area contributed by atoms with Gasteiger partial charge in [-0.3, -0.25) is 9.59 Å². The molecule has 0 bridgehead atoms. The number of likely N-dealkylation sites (tertiary alicyclic amines) is 1. The zero-order chi connectivity index (χ0) is 19.2. The van der Waals surface area contributed by atoms with Crippen molar-refractivity contribution < 1.29 is 14.0 Å². The Kier molecular flexibility index (Phi) is 6.32. The Morgan fingerprint density at radius 1 is 1.26 bits per heavy atom. The second-order valence-corrected chi connectivity index (χ2v) is 7.39. The molecule has 5 heteroatoms. The summed E-state index contributed by atoms with van der Waals surface area (Å²) in [5, 5.41) is 3.05. The number of nitrogens with one attached hydrogen (secondary N) is 1. The summed E-state index contributed by atoms with van der Waals surface area (Å²) in [5.74, 6) is 0.114. The lowest BCUT2D eigenvalue weighted by atomic mass is 9.96. The number of hydrogen-bond acceptors (Lipinski definition) is 3. The van der Waals surface area contributed by atoms with Crippen molar-refractivity contribution in [1.82, 2.24) is 10.2 Å². The number of piperidine rings is 1. The Bertz CT molecular complexity index is 783. The minimum absolute atomic E-state index is 0.0487. The molecule has 0 aliphatic carbocycles. The van der Waals surface area contributed by atoms with Gasteiger partial charge in [-0.05, 0) is 62.8 Å². The number of carbonyl (C=O) groups is 2. The van der Waals surface area contributed by atoms with Gasteiger partial charge < -0.3 is 14.6 Å². The molecule has 144 valence electrons. The molecule has 1 N–H and O–H groups in total. The zero-order valence-corrected chi connectivity index (χ0v) is 16.2. The molecule has 27 heavy (non-hydrogen) atoms. The first-order valence-electron chi connectivity index (χ1n) is 9.71. The molecule has 0 unspecified atom stereocenters. The van der Waals surface area contributed by atoms with Crippen molar-refractivity contribution in [2.75, 3.05) is 19.6 Å². The molecule has 1 aromatic carbocycles. The predicted molar refractivity (Wildman–Crippen MR) is 105 cm³/mol. The van der Waals surface area contributed by atoms with E-state index in [1.54, 1.807) is 17.0 Å². The van der Waals surface area contributed by atoms with E-state index in [1.807, 2.05) is 0 Å². The van der Waals surface area contributed by atoms with Crippen molar-refractivity contribution in [3.05, 3.63) is 59.0 Å². The zero-order valence-electron chi connectivity index (χ0n) is 16.2. The molecule has 0 saturated carbocycles. The minimum Gasteiger partial charge on any atom is -0.459 e. The number of benzene rings is 1. The molecular weight excluding hydrogens is 340 g/mol. The summed E-state index contributed by atoms with van der Waals surface area (Å²) < 4.78 is 5.19. The van der Waals surface area contributed by atoms with Crippen LogP contribution in [-0.4, -0.2) is 36.3 Å². The largest absolute Gasteiger partial charge is 0.459 e. The Hall–Kier alpha value is -2.56. The maximum absolute atomic E-state index is 12.5. The molecule has 1 aromatic heterocycles. The molecular formula is C22H28N2O3. The fourth-order valence-electron chi connectivity index (χ4n) is 3.69. The maximum atomic E-state index is 12.5. The highest BCUT2D eigenvalue weighted by molar-refractivity contribution is 5.92. The lowest BCUT2D eigenvalue weighted by molar-refractivity contribution is -0.126. The SMILES string of the molecule is Cc1ccc(CCCNC(=O)[C@H]2CCCN(C(=O)c3ccco3)C2)c(C)c1. The predicted octanol–water partition coefficient (Wildman–Crippen LogP) is 3.50. The van der Waals surface area contributed by atoms with Gasteiger partial charge in [0.2, 0.25) is 5.91 Å². The van der Waals surface area contributed by atoms with Gasteiger partial charge in [-0.1, -0.05) is 23.8 Å². The Labute approximate surface area is 160 Å². The monoisotopic (exact) mass is 368 g/mol. The van der Waals surface area contributed by atoms with E-state index in [0.29, 0.717) is 25.4 Å². The summed E-state index contributed by atoms with van der Waals surface area (Å²) in [5.41, 5.74) is 3.92. The molecule has 2 aromatic rings. The van der Waals surface area contributed by atoms with E-state index in [0.717, 1.165) is 25.7 Å². The Balaban J connectivity index is 1.44. The van der Waals surface area contributed by atoms with Crippen LogP contribution in [0.15, 0.2) is 41.0 Å². The molecule has 2 amide bonds. The van der Waals surface area contributed by atoms with Gasteiger partial charge in [-0.15, -0.1) is 0 Å². The number of carbonyl (C=O) groups excluding carboxylic acids is 2. The van der Waals surface area contributed by atoms with Gasteiger partial charge in [0.05, 0.1) is 12.2 Å². The average Bonchev–Trinajstić information content (AvgIpc) is 3.20. The first-order chi connectivity index (χ1) is 13.0. The minimum atomic E-state index is -0.140. The van der Waals surface area contributed by atoms with E-state index in [9.17, 15) is 9.59 Å². The van der Waals surface area contributed by atoms with Crippen molar-refractivity contribution in [2.24, 2.45) is 5.92 Å². The number of amides is 2. The number of furan rings is 1. The smallest absolute Gasteiger partial charge is 0.289 e. The second-order valence-electron chi connectivity index (χ2n) is 7.39. The van der Waals surface area contributed by atoms with Crippen molar-refractivity contribution in [3.63, 3.8) is 0 Å². The van der Waals surface area contributed by atoms with Crippen molar-refractivity contribution >= 4 is 11.8 Å². The summed E-state index contributed by atoms with van der Waals surface area (Å²) in [7, 11) is 0. The fourth-order valence-corrected chi connectivity index (χ4v) is 3.69. The van der Waals surface area contributed by atoms with Crippen LogP contribution in [0.1, 0.15) is 46.5 Å². The van der Waals surface area contributed by atoms with Crippen molar-refractivity contribution in [3.8, 4) is 0 Å². The number of rotatable bonds is 6. The lowest BCUT2D eigenvalue weighted by Crippen LogP contribution is -2.45. The van der Waals surface area contributed by atoms with Gasteiger partial charge in [0.25, 0.3) is 5.91 Å². The average molecular weight is 368 g/mol. The van der Waals surface area contributed by atoms with Gasteiger partial charge >= 0.3 is 0 Å². The van der Waals surface area contributed by atoms with E-state index < -0.39 is 0 Å². The topological polar surface area (TPSA) is 62.6 Å². The molecule has 0 spiro atoms. The third kappa shape index (κ3) is 5.00. The summed E-state index contributed by atoms with van der Waals surface area (Å²) in [6.07, 6.45) is 5.03. The van der Waals surface area contributed by atoms with Gasteiger partial charge in [0.15, 0.2) is 5.76 Å². The number of nitrogens with zero attached hydrogens (tertiary/aromatic N) is 1. The fraction of sp³-hybridized carbons (Fsp3) is 0.455. The van der Waals surface area contributed by atoms with E-state index in [4.69, 9.17) is 4.42 Å². The van der Waals surface area contributed by atoms with E-state index >= 15 is 0 Å². The molecule has 1 aliphatic heterocycles. The second kappa shape index (κ2) is 8.89. The summed E-state index contributed by atoms with van der Waals surface area (Å²) in [4.78, 5) is 26.6. The maximum Gasteiger partial charge on any atom is 0.289 e. The van der Waals surface area contributed by atoms with Crippen LogP contribution in [-0.2, 0) is 11.2 Å². The highest BCUT2D eigenvalue weighted by atomic mass is 16.3. The highest BCUT2D eigenvalue weighted by Gasteiger charge is 2.29. The molecule has 3 rings (SSSR count). The Morgan fingerprint density at radius 3 is 2.85 bits per heavy atom. The van der Waals surface area contributed by atoms with Crippen LogP contribution >= 0.6 is 0 Å². The van der Waals surface area contributed by atoms with Gasteiger partial charge in [-0.25, -0.2) is 0 Å². The molecule has 1 atom stereocenters. The third-order valence-corrected chi connectivity index (χ3v) is 5.23. The van der Waals surface area contributed by atoms with Crippen LogP contribution in [0, 0.1) is 19.8 Å². The van der Waals surface area contributed by atoms with E-state index in [-0.39, 0.29) is 17.7 Å². The van der Waals surface area contributed by atoms with E-state index in [1.165, 1.54) is 23.0 Å². The van der Waals surface area contributed by atoms with Gasteiger partial charge in [0, 0.05) is 19.6 Å². The molecule has 0 radical (unpaired) electrons. The highest BCUT2D eigenvalue weighted by Crippen LogP contribution is 2.19. The number of hydrogen-bond donors (Lipinski definition) is 1. The normalized spacial score (nSPS) is 17.0. The van der Waals surface area contributed by atoms with Gasteiger partial charge in [-0.2, -0.15) is 0 Å². The van der Waals surface area contributed by atoms with Crippen molar-refractivity contribution in [1.29, 1.82) is 0 Å². The van der Waals surface area contributed by atoms with Crippen LogP contribution in [0.4, 0.5) is 0 Å². The Morgan fingerprint density at radius 2 is 2.11 bits per heavy atom. The third-order valence-electron chi connectivity index (χ3n) is 5.23. The van der Waals surface area contributed by atoms with Crippen LogP contribution in [0.3, 0.4) is 0 Å². The quantitative estimate of drug-likeness (QED) is 0.794. The van der Waals surface area contributed by atoms with Crippen LogP contribution in [0.2, 0.25) is 0 Å². The molecule has 5 nitrogen and oxygen atoms in total. The van der Waals surface area contributed by atoms with Gasteiger partial charge in [0.1, 0.15) is 0 Å². The summed E-state index contributed by atoms with van der Waals surface area (Å²) >= 11 is 0. The first-order valence-corrected chi connectivity index (χ1v) is 9.71. The van der Waals surface area contributed by atoms with E-state index in [2.05, 4.69) is 37.4 Å². The van der Waals surface area contributed by atoms with Crippen molar-refractivity contribution in [2.45, 2.75) is 39.5 Å². The molecule has 2 heterocycles. The molecule has 1 saturated heterocycles. The molecule has 1 aliphatic rings. The van der Waals surface area contributed by atoms with Crippen LogP contribution in [0.25, 0.3) is 0 Å². The summed E-state index contributed by atoms with van der Waals surface area (Å²) in [6.45, 7) is 6.03. The van der Waals surface area contributed by atoms with Crippen LogP contribution < -0.4 is 5.32 Å². The lowest BCUT2D eigenvalue weighted by Gasteiger charge is -2.31. The number of aryl methyl sites for hydroxylation is 3. The summed E-state index contributed by atoms with van der Waals surface area (Å²) in [6, 6.07) is 9.87. The molecule has 1 fully saturated rings.